The summed E-state index contributed by atoms with van der Waals surface area (Å²) >= 11 is 0. The summed E-state index contributed by atoms with van der Waals surface area (Å²) < 4.78 is 0. The summed E-state index contributed by atoms with van der Waals surface area (Å²) in [6.45, 7) is 6.39. The number of hydrogen-bond donors (Lipinski definition) is 2. The average Bonchev–Trinajstić information content (AvgIpc) is 2.48. The standard InChI is InChI=1S/C13H23N3/c1-10(2)8-14-9-13-15-11-6-4-3-5-7-12(11)16-13/h10,14H,3-9H2,1-2H3,(H,15,16). The molecule has 1 aromatic rings. The second-order valence-electron chi connectivity index (χ2n) is 5.19. The fourth-order valence-corrected chi connectivity index (χ4v) is 2.25. The number of H-pyrrole nitrogens is 1. The fourth-order valence-electron chi connectivity index (χ4n) is 2.25. The molecule has 1 aliphatic carbocycles. The van der Waals surface area contributed by atoms with E-state index in [1.165, 1.54) is 37.1 Å². The van der Waals surface area contributed by atoms with Crippen LogP contribution >= 0.6 is 0 Å². The Bertz CT molecular complexity index is 304. The molecule has 1 heterocycles. The van der Waals surface area contributed by atoms with Crippen LogP contribution in [0.5, 0.6) is 0 Å². The third kappa shape index (κ3) is 3.08. The number of nitrogens with one attached hydrogen (secondary N) is 2. The Balaban J connectivity index is 1.91. The maximum absolute atomic E-state index is 4.69. The largest absolute Gasteiger partial charge is 0.345 e. The van der Waals surface area contributed by atoms with E-state index in [2.05, 4.69) is 29.1 Å². The molecule has 1 aromatic heterocycles. The Hall–Kier alpha value is -0.830. The van der Waals surface area contributed by atoms with Crippen molar-refractivity contribution in [1.29, 1.82) is 0 Å². The lowest BCUT2D eigenvalue weighted by molar-refractivity contribution is 0.543. The van der Waals surface area contributed by atoms with Crippen molar-refractivity contribution in [3.63, 3.8) is 0 Å². The molecular weight excluding hydrogens is 198 g/mol. The first-order valence-corrected chi connectivity index (χ1v) is 6.53. The molecule has 0 atom stereocenters. The molecule has 0 radical (unpaired) electrons. The maximum Gasteiger partial charge on any atom is 0.120 e. The van der Waals surface area contributed by atoms with Crippen LogP contribution in [0.2, 0.25) is 0 Å². The normalized spacial score (nSPS) is 16.2. The highest BCUT2D eigenvalue weighted by Crippen LogP contribution is 2.18. The molecule has 0 fully saturated rings. The molecule has 0 spiro atoms. The number of rotatable bonds is 4. The third-order valence-corrected chi connectivity index (χ3v) is 3.10. The first-order valence-electron chi connectivity index (χ1n) is 6.53. The minimum absolute atomic E-state index is 0.702. The minimum atomic E-state index is 0.702. The van der Waals surface area contributed by atoms with Crippen LogP contribution in [0.1, 0.15) is 50.3 Å². The smallest absolute Gasteiger partial charge is 0.120 e. The second kappa shape index (κ2) is 5.48. The molecule has 16 heavy (non-hydrogen) atoms. The van der Waals surface area contributed by atoms with Crippen LogP contribution in [-0.4, -0.2) is 16.5 Å². The molecule has 0 unspecified atom stereocenters. The van der Waals surface area contributed by atoms with E-state index in [9.17, 15) is 0 Å². The van der Waals surface area contributed by atoms with Crippen molar-refractivity contribution >= 4 is 0 Å². The summed E-state index contributed by atoms with van der Waals surface area (Å²) in [7, 11) is 0. The summed E-state index contributed by atoms with van der Waals surface area (Å²) in [5.41, 5.74) is 2.71. The molecule has 0 bridgehead atoms. The molecule has 3 nitrogen and oxygen atoms in total. The topological polar surface area (TPSA) is 40.7 Å². The number of nitrogens with zero attached hydrogens (tertiary/aromatic N) is 1. The van der Waals surface area contributed by atoms with E-state index in [-0.39, 0.29) is 0 Å². The van der Waals surface area contributed by atoms with Gasteiger partial charge in [0, 0.05) is 5.69 Å². The molecule has 0 amide bonds. The van der Waals surface area contributed by atoms with Crippen molar-refractivity contribution in [3.05, 3.63) is 17.2 Å². The van der Waals surface area contributed by atoms with Gasteiger partial charge in [0.05, 0.1) is 12.2 Å². The number of aryl methyl sites for hydroxylation is 2. The van der Waals surface area contributed by atoms with Gasteiger partial charge in [0.1, 0.15) is 5.82 Å². The van der Waals surface area contributed by atoms with Gasteiger partial charge in [-0.05, 0) is 38.1 Å². The molecule has 1 aliphatic rings. The summed E-state index contributed by atoms with van der Waals surface area (Å²) in [6, 6.07) is 0. The zero-order valence-corrected chi connectivity index (χ0v) is 10.5. The highest BCUT2D eigenvalue weighted by atomic mass is 15.0. The molecule has 3 heteroatoms. The lowest BCUT2D eigenvalue weighted by Gasteiger charge is -2.04. The number of fused-ring (bicyclic) bond motifs is 1. The van der Waals surface area contributed by atoms with Gasteiger partial charge in [0.2, 0.25) is 0 Å². The van der Waals surface area contributed by atoms with Crippen LogP contribution in [0.3, 0.4) is 0 Å². The van der Waals surface area contributed by atoms with Gasteiger partial charge in [0.25, 0.3) is 0 Å². The predicted molar refractivity (Wildman–Crippen MR) is 66.4 cm³/mol. The Morgan fingerprint density at radius 3 is 2.88 bits per heavy atom. The van der Waals surface area contributed by atoms with E-state index in [1.807, 2.05) is 0 Å². The third-order valence-electron chi connectivity index (χ3n) is 3.10. The van der Waals surface area contributed by atoms with E-state index in [1.54, 1.807) is 0 Å². The van der Waals surface area contributed by atoms with Gasteiger partial charge in [-0.3, -0.25) is 0 Å². The summed E-state index contributed by atoms with van der Waals surface area (Å²) in [5.74, 6) is 1.82. The van der Waals surface area contributed by atoms with E-state index in [0.717, 1.165) is 25.3 Å². The second-order valence-corrected chi connectivity index (χ2v) is 5.19. The van der Waals surface area contributed by atoms with Gasteiger partial charge in [-0.25, -0.2) is 4.98 Å². The van der Waals surface area contributed by atoms with Crippen LogP contribution in [0.15, 0.2) is 0 Å². The minimum Gasteiger partial charge on any atom is -0.345 e. The molecular formula is C13H23N3. The molecule has 0 saturated heterocycles. The van der Waals surface area contributed by atoms with Crippen LogP contribution in [-0.2, 0) is 19.4 Å². The lowest BCUT2D eigenvalue weighted by atomic mass is 10.2. The average molecular weight is 221 g/mol. The maximum atomic E-state index is 4.69. The quantitative estimate of drug-likeness (QED) is 0.767. The molecule has 2 rings (SSSR count). The van der Waals surface area contributed by atoms with Gasteiger partial charge in [-0.15, -0.1) is 0 Å². The zero-order chi connectivity index (χ0) is 11.4. The van der Waals surface area contributed by atoms with Crippen molar-refractivity contribution in [1.82, 2.24) is 15.3 Å². The lowest BCUT2D eigenvalue weighted by Crippen LogP contribution is -2.19. The van der Waals surface area contributed by atoms with Gasteiger partial charge >= 0.3 is 0 Å². The van der Waals surface area contributed by atoms with E-state index < -0.39 is 0 Å². The van der Waals surface area contributed by atoms with Crippen LogP contribution in [0.4, 0.5) is 0 Å². The highest BCUT2D eigenvalue weighted by Gasteiger charge is 2.12. The van der Waals surface area contributed by atoms with Gasteiger partial charge in [-0.1, -0.05) is 20.3 Å². The first-order chi connectivity index (χ1) is 7.75. The highest BCUT2D eigenvalue weighted by molar-refractivity contribution is 5.16. The van der Waals surface area contributed by atoms with Crippen LogP contribution in [0, 0.1) is 5.92 Å². The monoisotopic (exact) mass is 221 g/mol. The van der Waals surface area contributed by atoms with E-state index in [0.29, 0.717) is 5.92 Å². The van der Waals surface area contributed by atoms with E-state index in [4.69, 9.17) is 0 Å². The predicted octanol–water partition coefficient (Wildman–Crippen LogP) is 2.42. The number of imidazole rings is 1. The molecule has 0 aliphatic heterocycles. The number of aromatic amines is 1. The van der Waals surface area contributed by atoms with Gasteiger partial charge in [0.15, 0.2) is 0 Å². The Kier molecular flexibility index (Phi) is 3.99. The van der Waals surface area contributed by atoms with Crippen molar-refractivity contribution in [2.45, 2.75) is 52.5 Å². The van der Waals surface area contributed by atoms with Crippen LogP contribution < -0.4 is 5.32 Å². The Morgan fingerprint density at radius 2 is 2.06 bits per heavy atom. The number of aromatic nitrogens is 2. The van der Waals surface area contributed by atoms with Crippen molar-refractivity contribution < 1.29 is 0 Å². The number of hydrogen-bond acceptors (Lipinski definition) is 2. The van der Waals surface area contributed by atoms with Crippen LogP contribution in [0.25, 0.3) is 0 Å². The van der Waals surface area contributed by atoms with Crippen molar-refractivity contribution in [2.24, 2.45) is 5.92 Å². The summed E-state index contributed by atoms with van der Waals surface area (Å²) in [4.78, 5) is 8.16. The van der Waals surface area contributed by atoms with Crippen molar-refractivity contribution in [2.75, 3.05) is 6.54 Å². The fraction of sp³-hybridized carbons (Fsp3) is 0.769. The Labute approximate surface area is 98.1 Å². The molecule has 0 saturated carbocycles. The summed E-state index contributed by atoms with van der Waals surface area (Å²) in [6.07, 6.45) is 6.32. The molecule has 90 valence electrons. The molecule has 0 aromatic carbocycles. The Morgan fingerprint density at radius 1 is 1.25 bits per heavy atom. The summed E-state index contributed by atoms with van der Waals surface area (Å²) in [5, 5.41) is 3.43. The molecule has 2 N–H and O–H groups in total. The first kappa shape index (κ1) is 11.6. The zero-order valence-electron chi connectivity index (χ0n) is 10.5. The SMILES string of the molecule is CC(C)CNCc1nc2c([nH]1)CCCCC2. The van der Waals surface area contributed by atoms with E-state index >= 15 is 0 Å². The van der Waals surface area contributed by atoms with Gasteiger partial charge in [-0.2, -0.15) is 0 Å². The van der Waals surface area contributed by atoms with Gasteiger partial charge < -0.3 is 10.3 Å². The van der Waals surface area contributed by atoms with Crippen molar-refractivity contribution in [3.8, 4) is 0 Å².